The number of alkyl halides is 3. The molecule has 1 aliphatic rings. The van der Waals surface area contributed by atoms with Crippen molar-refractivity contribution in [3.8, 4) is 17.0 Å². The van der Waals surface area contributed by atoms with Crippen LogP contribution in [0.5, 0.6) is 5.75 Å². The van der Waals surface area contributed by atoms with E-state index in [0.717, 1.165) is 6.07 Å². The Balaban J connectivity index is 1.69. The lowest BCUT2D eigenvalue weighted by Crippen LogP contribution is -2.18. The molecule has 0 unspecified atom stereocenters. The van der Waals surface area contributed by atoms with Gasteiger partial charge in [-0.2, -0.15) is 13.2 Å². The zero-order valence-electron chi connectivity index (χ0n) is 15.0. The Labute approximate surface area is 163 Å². The molecule has 1 fully saturated rings. The Hall–Kier alpha value is -3.43. The lowest BCUT2D eigenvalue weighted by molar-refractivity contribution is -0.137. The Bertz CT molecular complexity index is 1090. The zero-order chi connectivity index (χ0) is 20.6. The molecule has 0 saturated carbocycles. The summed E-state index contributed by atoms with van der Waals surface area (Å²) < 4.78 is 38.6. The fourth-order valence-corrected chi connectivity index (χ4v) is 3.29. The quantitative estimate of drug-likeness (QED) is 0.619. The maximum atomic E-state index is 12.9. The van der Waals surface area contributed by atoms with Crippen molar-refractivity contribution >= 4 is 22.5 Å². The Morgan fingerprint density at radius 2 is 2.03 bits per heavy atom. The van der Waals surface area contributed by atoms with Crippen LogP contribution in [-0.4, -0.2) is 39.3 Å². The average Bonchev–Trinajstić information content (AvgIpc) is 3.11. The highest BCUT2D eigenvalue weighted by atomic mass is 19.4. The van der Waals surface area contributed by atoms with Crippen molar-refractivity contribution in [1.82, 2.24) is 20.5 Å². The van der Waals surface area contributed by atoms with E-state index in [4.69, 9.17) is 0 Å². The largest absolute Gasteiger partial charge is 0.507 e. The lowest BCUT2D eigenvalue weighted by atomic mass is 10.0. The molecule has 4 rings (SSSR count). The van der Waals surface area contributed by atoms with Crippen molar-refractivity contribution in [3.63, 3.8) is 0 Å². The second-order valence-electron chi connectivity index (χ2n) is 6.80. The third kappa shape index (κ3) is 3.78. The minimum atomic E-state index is -4.56. The number of halogens is 3. The number of carbonyl (C=O) groups excluding carboxylic acids is 1. The maximum Gasteiger partial charge on any atom is 0.416 e. The number of benzene rings is 1. The molecule has 29 heavy (non-hydrogen) atoms. The van der Waals surface area contributed by atoms with E-state index in [1.54, 1.807) is 12.3 Å². The Kier molecular flexibility index (Phi) is 4.69. The van der Waals surface area contributed by atoms with Gasteiger partial charge in [-0.1, -0.05) is 0 Å². The van der Waals surface area contributed by atoms with Gasteiger partial charge < -0.3 is 15.7 Å². The van der Waals surface area contributed by atoms with E-state index in [2.05, 4.69) is 25.8 Å². The van der Waals surface area contributed by atoms with Crippen LogP contribution in [0.2, 0.25) is 0 Å². The molecule has 0 aliphatic carbocycles. The molecular weight excluding hydrogens is 387 g/mol. The van der Waals surface area contributed by atoms with Crippen molar-refractivity contribution in [2.45, 2.75) is 12.6 Å². The summed E-state index contributed by atoms with van der Waals surface area (Å²) in [7, 11) is 0. The minimum Gasteiger partial charge on any atom is -0.507 e. The standard InChI is InChI=1S/C19H16F3N5O2/c20-19(21,22)11-1-2-13(15(28)6-11)17-12-3-4-23-9-14(12)18(27-26-17)25-8-10-5-16(29)24-7-10/h1-4,6,9-10,28H,5,7-8H2,(H,24,29)(H,25,27)/t10-/m1/s1. The summed E-state index contributed by atoms with van der Waals surface area (Å²) in [5, 5.41) is 25.5. The molecule has 3 N–H and O–H groups in total. The highest BCUT2D eigenvalue weighted by Gasteiger charge is 2.31. The molecule has 1 amide bonds. The van der Waals surface area contributed by atoms with Gasteiger partial charge in [-0.25, -0.2) is 0 Å². The molecule has 1 saturated heterocycles. The summed E-state index contributed by atoms with van der Waals surface area (Å²) in [4.78, 5) is 15.4. The van der Waals surface area contributed by atoms with Crippen molar-refractivity contribution in [2.75, 3.05) is 18.4 Å². The van der Waals surface area contributed by atoms with Crippen LogP contribution in [0.4, 0.5) is 19.0 Å². The molecule has 0 radical (unpaired) electrons. The number of hydrogen-bond donors (Lipinski definition) is 3. The van der Waals surface area contributed by atoms with E-state index < -0.39 is 17.5 Å². The summed E-state index contributed by atoms with van der Waals surface area (Å²) in [6, 6.07) is 4.38. The number of nitrogens with one attached hydrogen (secondary N) is 2. The van der Waals surface area contributed by atoms with Gasteiger partial charge in [0.15, 0.2) is 5.82 Å². The molecule has 2 aromatic heterocycles. The highest BCUT2D eigenvalue weighted by Crippen LogP contribution is 2.38. The number of anilines is 1. The molecular formula is C19H16F3N5O2. The summed E-state index contributed by atoms with van der Waals surface area (Å²) in [6.45, 7) is 1.08. The lowest BCUT2D eigenvalue weighted by Gasteiger charge is -2.14. The predicted molar refractivity (Wildman–Crippen MR) is 99.0 cm³/mol. The van der Waals surface area contributed by atoms with Gasteiger partial charge in [-0.15, -0.1) is 10.2 Å². The van der Waals surface area contributed by atoms with Crippen molar-refractivity contribution < 1.29 is 23.1 Å². The van der Waals surface area contributed by atoms with E-state index >= 15 is 0 Å². The van der Waals surface area contributed by atoms with Crippen LogP contribution >= 0.6 is 0 Å². The Morgan fingerprint density at radius 1 is 1.21 bits per heavy atom. The van der Waals surface area contributed by atoms with Gasteiger partial charge in [0.1, 0.15) is 11.4 Å². The molecule has 0 spiro atoms. The molecule has 1 aromatic carbocycles. The van der Waals surface area contributed by atoms with Gasteiger partial charge in [-0.3, -0.25) is 9.78 Å². The van der Waals surface area contributed by atoms with E-state index in [9.17, 15) is 23.1 Å². The van der Waals surface area contributed by atoms with Crippen LogP contribution in [0.15, 0.2) is 36.7 Å². The second-order valence-corrected chi connectivity index (χ2v) is 6.80. The zero-order valence-corrected chi connectivity index (χ0v) is 15.0. The molecule has 7 nitrogen and oxygen atoms in total. The predicted octanol–water partition coefficient (Wildman–Crippen LogP) is 2.96. The number of carbonyl (C=O) groups is 1. The first-order valence-electron chi connectivity index (χ1n) is 8.84. The Morgan fingerprint density at radius 3 is 2.72 bits per heavy atom. The first-order chi connectivity index (χ1) is 13.8. The van der Waals surface area contributed by atoms with Crippen molar-refractivity contribution in [1.29, 1.82) is 0 Å². The average molecular weight is 403 g/mol. The third-order valence-electron chi connectivity index (χ3n) is 4.78. The van der Waals surface area contributed by atoms with Gasteiger partial charge >= 0.3 is 6.18 Å². The van der Waals surface area contributed by atoms with Crippen LogP contribution < -0.4 is 10.6 Å². The summed E-state index contributed by atoms with van der Waals surface area (Å²) in [5.41, 5.74) is -0.564. The molecule has 1 atom stereocenters. The number of amides is 1. The maximum absolute atomic E-state index is 12.9. The van der Waals surface area contributed by atoms with E-state index in [1.807, 2.05) is 0 Å². The molecule has 3 heterocycles. The third-order valence-corrected chi connectivity index (χ3v) is 4.78. The van der Waals surface area contributed by atoms with Crippen LogP contribution in [-0.2, 0) is 11.0 Å². The fraction of sp³-hybridized carbons (Fsp3) is 0.263. The number of hydrogen-bond acceptors (Lipinski definition) is 6. The first kappa shape index (κ1) is 18.9. The number of rotatable bonds is 4. The SMILES string of the molecule is O=C1C[C@@H](CNc2nnc(-c3ccc(C(F)(F)F)cc3O)c3ccncc23)CN1. The number of pyridine rings is 1. The van der Waals surface area contributed by atoms with Crippen LogP contribution in [0.25, 0.3) is 22.0 Å². The molecule has 3 aromatic rings. The van der Waals surface area contributed by atoms with Gasteiger partial charge in [0.25, 0.3) is 0 Å². The van der Waals surface area contributed by atoms with Gasteiger partial charge in [-0.05, 0) is 24.3 Å². The number of phenolic OH excluding ortho intramolecular Hbond substituents is 1. The van der Waals surface area contributed by atoms with Gasteiger partial charge in [0, 0.05) is 54.2 Å². The normalized spacial score (nSPS) is 16.8. The number of aromatic nitrogens is 3. The highest BCUT2D eigenvalue weighted by molar-refractivity contribution is 6.00. The van der Waals surface area contributed by atoms with Crippen LogP contribution in [0, 0.1) is 5.92 Å². The summed E-state index contributed by atoms with van der Waals surface area (Å²) in [5.74, 6) is 0.0308. The van der Waals surface area contributed by atoms with E-state index in [-0.39, 0.29) is 23.1 Å². The molecule has 0 bridgehead atoms. The van der Waals surface area contributed by atoms with Gasteiger partial charge in [0.05, 0.1) is 5.56 Å². The summed E-state index contributed by atoms with van der Waals surface area (Å²) in [6.07, 6.45) is -1.04. The van der Waals surface area contributed by atoms with E-state index in [0.29, 0.717) is 42.2 Å². The second kappa shape index (κ2) is 7.19. The van der Waals surface area contributed by atoms with Crippen molar-refractivity contribution in [3.05, 3.63) is 42.2 Å². The number of phenols is 1. The van der Waals surface area contributed by atoms with Gasteiger partial charge in [0.2, 0.25) is 5.91 Å². The minimum absolute atomic E-state index is 0.00235. The van der Waals surface area contributed by atoms with E-state index in [1.165, 1.54) is 12.3 Å². The van der Waals surface area contributed by atoms with Crippen LogP contribution in [0.3, 0.4) is 0 Å². The smallest absolute Gasteiger partial charge is 0.416 e. The molecule has 150 valence electrons. The monoisotopic (exact) mass is 403 g/mol. The molecule has 10 heteroatoms. The van der Waals surface area contributed by atoms with Crippen LogP contribution in [0.1, 0.15) is 12.0 Å². The summed E-state index contributed by atoms with van der Waals surface area (Å²) >= 11 is 0. The number of fused-ring (bicyclic) bond motifs is 1. The number of aromatic hydroxyl groups is 1. The topological polar surface area (TPSA) is 100 Å². The fourth-order valence-electron chi connectivity index (χ4n) is 3.29. The number of nitrogens with zero attached hydrogens (tertiary/aromatic N) is 3. The first-order valence-corrected chi connectivity index (χ1v) is 8.84. The molecule has 1 aliphatic heterocycles. The van der Waals surface area contributed by atoms with Crippen molar-refractivity contribution in [2.24, 2.45) is 5.92 Å².